The highest BCUT2D eigenvalue weighted by Crippen LogP contribution is 2.32. The Bertz CT molecular complexity index is 737. The zero-order valence-corrected chi connectivity index (χ0v) is 16.3. The lowest BCUT2D eigenvalue weighted by Gasteiger charge is -2.22. The third-order valence-corrected chi connectivity index (χ3v) is 7.50. The third-order valence-electron chi connectivity index (χ3n) is 4.61. The average Bonchev–Trinajstić information content (AvgIpc) is 2.62. The van der Waals surface area contributed by atoms with Crippen LogP contribution in [0.4, 0.5) is 0 Å². The van der Waals surface area contributed by atoms with Crippen molar-refractivity contribution in [3.63, 3.8) is 0 Å². The first-order valence-electron chi connectivity index (χ1n) is 8.91. The summed E-state index contributed by atoms with van der Waals surface area (Å²) in [4.78, 5) is 0.251. The Kier molecular flexibility index (Phi) is 7.42. The molecule has 1 aliphatic carbocycles. The third kappa shape index (κ3) is 6.36. The van der Waals surface area contributed by atoms with Crippen LogP contribution in [-0.2, 0) is 20.0 Å². The molecule has 1 aromatic carbocycles. The van der Waals surface area contributed by atoms with Crippen LogP contribution in [0.15, 0.2) is 29.2 Å². The molecule has 0 heterocycles. The highest BCUT2D eigenvalue weighted by atomic mass is 32.2. The van der Waals surface area contributed by atoms with Crippen LogP contribution >= 0.6 is 0 Å². The fourth-order valence-corrected chi connectivity index (χ4v) is 4.80. The predicted octanol–water partition coefficient (Wildman–Crippen LogP) is 2.34. The predicted molar refractivity (Wildman–Crippen MR) is 99.5 cm³/mol. The average molecular weight is 389 g/mol. The van der Waals surface area contributed by atoms with Crippen LogP contribution in [0.2, 0.25) is 0 Å². The van der Waals surface area contributed by atoms with Gasteiger partial charge in [0, 0.05) is 13.1 Å². The van der Waals surface area contributed by atoms with E-state index < -0.39 is 20.0 Å². The molecular formula is C17H28N2O4S2. The highest BCUT2D eigenvalue weighted by Gasteiger charge is 2.18. The van der Waals surface area contributed by atoms with Crippen LogP contribution in [0.1, 0.15) is 56.9 Å². The van der Waals surface area contributed by atoms with Crippen molar-refractivity contribution in [2.24, 2.45) is 0 Å². The summed E-state index contributed by atoms with van der Waals surface area (Å²) < 4.78 is 52.1. The minimum absolute atomic E-state index is 0.0199. The van der Waals surface area contributed by atoms with E-state index in [2.05, 4.69) is 9.44 Å². The van der Waals surface area contributed by atoms with E-state index in [1.165, 1.54) is 37.7 Å². The molecule has 0 saturated heterocycles. The van der Waals surface area contributed by atoms with Crippen molar-refractivity contribution in [2.75, 3.05) is 18.8 Å². The van der Waals surface area contributed by atoms with Crippen LogP contribution in [-0.4, -0.2) is 35.7 Å². The van der Waals surface area contributed by atoms with E-state index in [4.69, 9.17) is 0 Å². The lowest BCUT2D eigenvalue weighted by Crippen LogP contribution is -2.30. The largest absolute Gasteiger partial charge is 0.240 e. The summed E-state index contributed by atoms with van der Waals surface area (Å²) >= 11 is 0. The first-order chi connectivity index (χ1) is 11.8. The summed E-state index contributed by atoms with van der Waals surface area (Å²) in [6, 6.07) is 7.15. The SMILES string of the molecule is CCS(=O)(=O)NCCCNS(=O)(=O)c1ccc(C2CCCCC2)cc1. The Morgan fingerprint density at radius 3 is 2.12 bits per heavy atom. The standard InChI is InChI=1S/C17H28N2O4S2/c1-2-24(20,21)18-13-6-14-19-25(22,23)17-11-9-16(10-12-17)15-7-4-3-5-8-15/h9-12,15,18-19H,2-8,13-14H2,1H3. The van der Waals surface area contributed by atoms with Gasteiger partial charge >= 0.3 is 0 Å². The molecule has 0 atom stereocenters. The van der Waals surface area contributed by atoms with Gasteiger partial charge in [-0.15, -0.1) is 0 Å². The fourth-order valence-electron chi connectivity index (χ4n) is 3.06. The van der Waals surface area contributed by atoms with Crippen molar-refractivity contribution in [1.82, 2.24) is 9.44 Å². The Morgan fingerprint density at radius 1 is 0.920 bits per heavy atom. The molecule has 2 N–H and O–H groups in total. The highest BCUT2D eigenvalue weighted by molar-refractivity contribution is 7.89. The number of hydrogen-bond acceptors (Lipinski definition) is 4. The molecule has 1 saturated carbocycles. The van der Waals surface area contributed by atoms with Crippen LogP contribution in [0.5, 0.6) is 0 Å². The van der Waals surface area contributed by atoms with Crippen molar-refractivity contribution < 1.29 is 16.8 Å². The van der Waals surface area contributed by atoms with Gasteiger partial charge in [0.05, 0.1) is 10.6 Å². The topological polar surface area (TPSA) is 92.3 Å². The lowest BCUT2D eigenvalue weighted by atomic mass is 9.84. The molecule has 8 heteroatoms. The van der Waals surface area contributed by atoms with Gasteiger partial charge in [-0.3, -0.25) is 0 Å². The zero-order valence-electron chi connectivity index (χ0n) is 14.7. The van der Waals surface area contributed by atoms with Gasteiger partial charge in [-0.05, 0) is 49.8 Å². The number of sulfonamides is 2. The van der Waals surface area contributed by atoms with Crippen LogP contribution in [0.3, 0.4) is 0 Å². The van der Waals surface area contributed by atoms with Gasteiger partial charge in [-0.1, -0.05) is 31.4 Å². The smallest absolute Gasteiger partial charge is 0.215 e. The first kappa shape index (κ1) is 20.4. The molecule has 25 heavy (non-hydrogen) atoms. The fraction of sp³-hybridized carbons (Fsp3) is 0.647. The van der Waals surface area contributed by atoms with Crippen molar-refractivity contribution in [3.8, 4) is 0 Å². The summed E-state index contributed by atoms with van der Waals surface area (Å²) in [7, 11) is -6.79. The van der Waals surface area contributed by atoms with E-state index in [-0.39, 0.29) is 23.7 Å². The maximum absolute atomic E-state index is 12.3. The van der Waals surface area contributed by atoms with Crippen molar-refractivity contribution in [2.45, 2.75) is 56.3 Å². The maximum atomic E-state index is 12.3. The Hall–Kier alpha value is -0.960. The number of rotatable bonds is 9. The summed E-state index contributed by atoms with van der Waals surface area (Å²) in [5, 5.41) is 0. The Labute approximate surface area is 151 Å². The maximum Gasteiger partial charge on any atom is 0.240 e. The summed E-state index contributed by atoms with van der Waals surface area (Å²) in [6.07, 6.45) is 6.54. The Morgan fingerprint density at radius 2 is 1.52 bits per heavy atom. The van der Waals surface area contributed by atoms with E-state index in [0.29, 0.717) is 12.3 Å². The quantitative estimate of drug-likeness (QED) is 0.635. The van der Waals surface area contributed by atoms with Gasteiger partial charge in [0.15, 0.2) is 0 Å². The number of hydrogen-bond donors (Lipinski definition) is 2. The van der Waals surface area contributed by atoms with Crippen molar-refractivity contribution in [1.29, 1.82) is 0 Å². The van der Waals surface area contributed by atoms with Crippen LogP contribution < -0.4 is 9.44 Å². The molecule has 0 amide bonds. The second-order valence-corrected chi connectivity index (χ2v) is 10.3. The van der Waals surface area contributed by atoms with E-state index in [1.807, 2.05) is 12.1 Å². The Balaban J connectivity index is 1.84. The van der Waals surface area contributed by atoms with E-state index in [1.54, 1.807) is 19.1 Å². The zero-order chi connectivity index (χ0) is 18.3. The molecule has 0 aromatic heterocycles. The minimum Gasteiger partial charge on any atom is -0.215 e. The van der Waals surface area contributed by atoms with Gasteiger partial charge in [-0.2, -0.15) is 0 Å². The summed E-state index contributed by atoms with van der Waals surface area (Å²) in [6.45, 7) is 1.97. The molecule has 1 fully saturated rings. The van der Waals surface area contributed by atoms with Gasteiger partial charge in [-0.25, -0.2) is 26.3 Å². The normalized spacial score (nSPS) is 16.8. The number of nitrogens with one attached hydrogen (secondary N) is 2. The first-order valence-corrected chi connectivity index (χ1v) is 12.0. The molecule has 142 valence electrons. The van der Waals surface area contributed by atoms with Crippen LogP contribution in [0, 0.1) is 0 Å². The molecule has 0 unspecified atom stereocenters. The molecule has 0 spiro atoms. The minimum atomic E-state index is -3.56. The molecule has 1 aromatic rings. The van der Waals surface area contributed by atoms with Crippen molar-refractivity contribution >= 4 is 20.0 Å². The molecule has 0 bridgehead atoms. The van der Waals surface area contributed by atoms with Gasteiger partial charge in [0.25, 0.3) is 0 Å². The number of benzene rings is 1. The van der Waals surface area contributed by atoms with E-state index >= 15 is 0 Å². The molecular weight excluding hydrogens is 360 g/mol. The molecule has 2 rings (SSSR count). The summed E-state index contributed by atoms with van der Waals surface area (Å²) in [5.74, 6) is 0.566. The lowest BCUT2D eigenvalue weighted by molar-refractivity contribution is 0.443. The van der Waals surface area contributed by atoms with Gasteiger partial charge in [0.2, 0.25) is 20.0 Å². The van der Waals surface area contributed by atoms with E-state index in [0.717, 1.165) is 0 Å². The van der Waals surface area contributed by atoms with Gasteiger partial charge < -0.3 is 0 Å². The second kappa shape index (κ2) is 9.12. The van der Waals surface area contributed by atoms with Gasteiger partial charge in [0.1, 0.15) is 0 Å². The molecule has 6 nitrogen and oxygen atoms in total. The summed E-state index contributed by atoms with van der Waals surface area (Å²) in [5.41, 5.74) is 1.22. The van der Waals surface area contributed by atoms with Crippen LogP contribution in [0.25, 0.3) is 0 Å². The molecule has 0 radical (unpaired) electrons. The van der Waals surface area contributed by atoms with E-state index in [9.17, 15) is 16.8 Å². The van der Waals surface area contributed by atoms with Crippen molar-refractivity contribution in [3.05, 3.63) is 29.8 Å². The monoisotopic (exact) mass is 388 g/mol. The second-order valence-electron chi connectivity index (χ2n) is 6.45. The molecule has 1 aliphatic rings. The molecule has 0 aliphatic heterocycles.